The van der Waals surface area contributed by atoms with Crippen molar-refractivity contribution in [2.75, 3.05) is 34.2 Å². The quantitative estimate of drug-likeness (QED) is 0.318. The minimum atomic E-state index is 0. The maximum Gasteiger partial charge on any atom is 0.191 e. The smallest absolute Gasteiger partial charge is 0.191 e. The zero-order valence-corrected chi connectivity index (χ0v) is 16.3. The number of nitrogens with one attached hydrogen (secondary N) is 2. The van der Waals surface area contributed by atoms with Gasteiger partial charge in [-0.1, -0.05) is 25.7 Å². The third-order valence-electron chi connectivity index (χ3n) is 5.05. The van der Waals surface area contributed by atoms with Gasteiger partial charge >= 0.3 is 0 Å². The van der Waals surface area contributed by atoms with Crippen molar-refractivity contribution in [3.8, 4) is 0 Å². The Morgan fingerprint density at radius 3 is 2.19 bits per heavy atom. The molecule has 0 atom stereocenters. The van der Waals surface area contributed by atoms with Crippen LogP contribution in [0.25, 0.3) is 0 Å². The Hall–Kier alpha value is -0.0400. The Bertz CT molecular complexity index is 318. The molecule has 2 saturated carbocycles. The number of aliphatic imine (C=N–C) groups is 1. The zero-order chi connectivity index (χ0) is 14.4. The summed E-state index contributed by atoms with van der Waals surface area (Å²) in [5.41, 5.74) is 0.299. The first-order valence-electron chi connectivity index (χ1n) is 8.28. The van der Waals surface area contributed by atoms with Gasteiger partial charge in [0, 0.05) is 25.7 Å². The van der Waals surface area contributed by atoms with E-state index in [1.54, 1.807) is 0 Å². The van der Waals surface area contributed by atoms with E-state index in [0.717, 1.165) is 25.0 Å². The van der Waals surface area contributed by atoms with E-state index in [4.69, 9.17) is 0 Å². The molecule has 0 heterocycles. The van der Waals surface area contributed by atoms with Gasteiger partial charge in [-0.3, -0.25) is 4.99 Å². The van der Waals surface area contributed by atoms with E-state index >= 15 is 0 Å². The lowest BCUT2D eigenvalue weighted by Gasteiger charge is -2.40. The van der Waals surface area contributed by atoms with Crippen molar-refractivity contribution in [1.82, 2.24) is 15.5 Å². The van der Waals surface area contributed by atoms with Crippen LogP contribution in [-0.4, -0.2) is 50.6 Å². The molecule has 0 radical (unpaired) electrons. The van der Waals surface area contributed by atoms with E-state index < -0.39 is 0 Å². The number of rotatable bonds is 5. The second-order valence-corrected chi connectivity index (χ2v) is 6.78. The number of nitrogens with zero attached hydrogens (tertiary/aromatic N) is 2. The van der Waals surface area contributed by atoms with Crippen molar-refractivity contribution in [1.29, 1.82) is 0 Å². The monoisotopic (exact) mass is 408 g/mol. The van der Waals surface area contributed by atoms with E-state index in [-0.39, 0.29) is 24.0 Å². The molecule has 2 rings (SSSR count). The van der Waals surface area contributed by atoms with Crippen LogP contribution in [-0.2, 0) is 0 Å². The molecule has 2 aliphatic rings. The second-order valence-electron chi connectivity index (χ2n) is 6.78. The fourth-order valence-electron chi connectivity index (χ4n) is 3.20. The molecule has 0 bridgehead atoms. The molecule has 21 heavy (non-hydrogen) atoms. The molecule has 0 saturated heterocycles. The third-order valence-corrected chi connectivity index (χ3v) is 5.05. The number of hydrogen-bond donors (Lipinski definition) is 2. The molecule has 0 amide bonds. The number of guanidine groups is 1. The first-order valence-corrected chi connectivity index (χ1v) is 8.28. The van der Waals surface area contributed by atoms with Gasteiger partial charge in [-0.2, -0.15) is 0 Å². The van der Waals surface area contributed by atoms with Gasteiger partial charge in [-0.05, 0) is 45.7 Å². The molecule has 2 aliphatic carbocycles. The third kappa shape index (κ3) is 5.93. The average Bonchev–Trinajstić information content (AvgIpc) is 3.26. The molecular formula is C16H33IN4. The SMILES string of the molecule is CN=C(NCC1CC1)NCC1(N(C)C)CCCCCC1.I. The van der Waals surface area contributed by atoms with Crippen LogP contribution >= 0.6 is 24.0 Å². The molecule has 0 aromatic carbocycles. The van der Waals surface area contributed by atoms with Gasteiger partial charge in [0.2, 0.25) is 0 Å². The first-order chi connectivity index (χ1) is 9.66. The molecular weight excluding hydrogens is 375 g/mol. The summed E-state index contributed by atoms with van der Waals surface area (Å²) in [5.74, 6) is 1.86. The maximum absolute atomic E-state index is 4.36. The van der Waals surface area contributed by atoms with Gasteiger partial charge in [-0.25, -0.2) is 0 Å². The topological polar surface area (TPSA) is 39.7 Å². The Balaban J connectivity index is 0.00000220. The molecule has 0 spiro atoms. The summed E-state index contributed by atoms with van der Waals surface area (Å²) in [6, 6.07) is 0. The molecule has 2 fully saturated rings. The maximum atomic E-state index is 4.36. The van der Waals surface area contributed by atoms with Crippen molar-refractivity contribution in [3.63, 3.8) is 0 Å². The largest absolute Gasteiger partial charge is 0.356 e. The van der Waals surface area contributed by atoms with Crippen molar-refractivity contribution in [3.05, 3.63) is 0 Å². The molecule has 5 heteroatoms. The van der Waals surface area contributed by atoms with Crippen molar-refractivity contribution in [2.45, 2.75) is 56.9 Å². The average molecular weight is 408 g/mol. The van der Waals surface area contributed by atoms with Crippen LogP contribution in [0.15, 0.2) is 4.99 Å². The zero-order valence-electron chi connectivity index (χ0n) is 14.0. The van der Waals surface area contributed by atoms with Crippen LogP contribution in [0.2, 0.25) is 0 Å². The van der Waals surface area contributed by atoms with Gasteiger partial charge in [0.1, 0.15) is 0 Å². The summed E-state index contributed by atoms with van der Waals surface area (Å²) in [5, 5.41) is 7.03. The Morgan fingerprint density at radius 1 is 1.10 bits per heavy atom. The highest BCUT2D eigenvalue weighted by molar-refractivity contribution is 14.0. The summed E-state index contributed by atoms with van der Waals surface area (Å²) in [6.45, 7) is 2.08. The lowest BCUT2D eigenvalue weighted by molar-refractivity contribution is 0.132. The summed E-state index contributed by atoms with van der Waals surface area (Å²) >= 11 is 0. The van der Waals surface area contributed by atoms with Gasteiger partial charge in [-0.15, -0.1) is 24.0 Å². The van der Waals surface area contributed by atoms with Gasteiger partial charge in [0.15, 0.2) is 5.96 Å². The predicted octanol–water partition coefficient (Wildman–Crippen LogP) is 2.83. The van der Waals surface area contributed by atoms with Gasteiger partial charge in [0.25, 0.3) is 0 Å². The Morgan fingerprint density at radius 2 is 1.71 bits per heavy atom. The molecule has 0 aliphatic heterocycles. The molecule has 2 N–H and O–H groups in total. The molecule has 0 unspecified atom stereocenters. The Kier molecular flexibility index (Phi) is 8.31. The van der Waals surface area contributed by atoms with Crippen LogP contribution < -0.4 is 10.6 Å². The molecule has 0 aromatic rings. The Labute approximate surface area is 147 Å². The van der Waals surface area contributed by atoms with Crippen LogP contribution in [0.1, 0.15) is 51.4 Å². The minimum Gasteiger partial charge on any atom is -0.356 e. The minimum absolute atomic E-state index is 0. The summed E-state index contributed by atoms with van der Waals surface area (Å²) < 4.78 is 0. The van der Waals surface area contributed by atoms with Gasteiger partial charge < -0.3 is 15.5 Å². The van der Waals surface area contributed by atoms with Crippen LogP contribution in [0.4, 0.5) is 0 Å². The van der Waals surface area contributed by atoms with E-state index in [1.807, 2.05) is 7.05 Å². The number of halogens is 1. The summed E-state index contributed by atoms with van der Waals surface area (Å²) in [7, 11) is 6.33. The standard InChI is InChI=1S/C16H32N4.HI/c1-17-15(18-12-14-8-9-14)19-13-16(20(2)3)10-6-4-5-7-11-16;/h14H,4-13H2,1-3H3,(H2,17,18,19);1H. The lowest BCUT2D eigenvalue weighted by Crippen LogP contribution is -2.54. The number of likely N-dealkylation sites (N-methyl/N-ethyl adjacent to an activating group) is 1. The van der Waals surface area contributed by atoms with Crippen molar-refractivity contribution >= 4 is 29.9 Å². The fraction of sp³-hybridized carbons (Fsp3) is 0.938. The fourth-order valence-corrected chi connectivity index (χ4v) is 3.20. The molecule has 124 valence electrons. The predicted molar refractivity (Wildman–Crippen MR) is 102 cm³/mol. The first kappa shape index (κ1) is 19.0. The molecule has 0 aromatic heterocycles. The van der Waals surface area contributed by atoms with Crippen LogP contribution in [0.3, 0.4) is 0 Å². The van der Waals surface area contributed by atoms with Crippen molar-refractivity contribution in [2.24, 2.45) is 10.9 Å². The van der Waals surface area contributed by atoms with Crippen LogP contribution in [0, 0.1) is 5.92 Å². The highest BCUT2D eigenvalue weighted by atomic mass is 127. The van der Waals surface area contributed by atoms with E-state index in [2.05, 4.69) is 34.6 Å². The molecule has 4 nitrogen and oxygen atoms in total. The van der Waals surface area contributed by atoms with Gasteiger partial charge in [0.05, 0.1) is 0 Å². The number of hydrogen-bond acceptors (Lipinski definition) is 2. The van der Waals surface area contributed by atoms with Crippen molar-refractivity contribution < 1.29 is 0 Å². The van der Waals surface area contributed by atoms with E-state index in [1.165, 1.54) is 51.4 Å². The van der Waals surface area contributed by atoms with E-state index in [9.17, 15) is 0 Å². The van der Waals surface area contributed by atoms with Crippen LogP contribution in [0.5, 0.6) is 0 Å². The van der Waals surface area contributed by atoms with E-state index in [0.29, 0.717) is 5.54 Å². The normalized spacial score (nSPS) is 22.4. The highest BCUT2D eigenvalue weighted by Crippen LogP contribution is 2.30. The second kappa shape index (κ2) is 9.18. The lowest BCUT2D eigenvalue weighted by atomic mass is 9.89. The highest BCUT2D eigenvalue weighted by Gasteiger charge is 2.33. The summed E-state index contributed by atoms with van der Waals surface area (Å²) in [6.07, 6.45) is 10.9. The summed E-state index contributed by atoms with van der Waals surface area (Å²) in [4.78, 5) is 6.79.